The average molecular weight is 665 g/mol. The van der Waals surface area contributed by atoms with Crippen molar-refractivity contribution >= 4 is 27.6 Å². The molecular formula is C25H46O16P2-2. The van der Waals surface area contributed by atoms with Crippen molar-refractivity contribution in [2.75, 3.05) is 13.2 Å². The van der Waals surface area contributed by atoms with Crippen molar-refractivity contribution in [1.82, 2.24) is 0 Å². The first-order valence-electron chi connectivity index (χ1n) is 14.5. The molecule has 2 unspecified atom stereocenters. The Labute approximate surface area is 251 Å². The van der Waals surface area contributed by atoms with E-state index < -0.39 is 83.5 Å². The molecule has 0 saturated heterocycles. The van der Waals surface area contributed by atoms with Crippen molar-refractivity contribution in [1.29, 1.82) is 0 Å². The van der Waals surface area contributed by atoms with Gasteiger partial charge >= 0.3 is 11.9 Å². The molecule has 0 spiro atoms. The fourth-order valence-corrected chi connectivity index (χ4v) is 5.82. The molecular weight excluding hydrogens is 618 g/mol. The Morgan fingerprint density at radius 2 is 1.19 bits per heavy atom. The standard InChI is InChI=1S/C25H48O16P2/c1-3-5-7-9-11-13-18(26)37-15-17(39-19(27)14-12-10-8-6-4-2)16-38-43(35,36)41-25-22(30)20(28)21(29)24(23(25)31)40-42(32,33)34/h17,20-25,28-31H,3-16H2,1-2H3,(H,35,36)(H2,32,33,34)/p-2/t17-,20+,21+,22-,23-,24-,25+/m1/s1. The van der Waals surface area contributed by atoms with E-state index in [0.29, 0.717) is 12.8 Å². The van der Waals surface area contributed by atoms with Crippen molar-refractivity contribution in [2.45, 2.75) is 134 Å². The van der Waals surface area contributed by atoms with Crippen LogP contribution >= 0.6 is 15.6 Å². The first-order chi connectivity index (χ1) is 20.1. The molecule has 0 heterocycles. The number of ether oxygens (including phenoxy) is 2. The molecule has 0 radical (unpaired) electrons. The second-order valence-electron chi connectivity index (χ2n) is 10.4. The molecule has 0 aromatic carbocycles. The maximum atomic E-state index is 12.6. The van der Waals surface area contributed by atoms with Crippen LogP contribution in [-0.2, 0) is 41.8 Å². The van der Waals surface area contributed by atoms with Gasteiger partial charge in [0.05, 0.1) is 6.61 Å². The number of aliphatic hydroxyl groups is 4. The Hall–Kier alpha value is -1.00. The summed E-state index contributed by atoms with van der Waals surface area (Å²) in [5, 5.41) is 40.4. The Bertz CT molecular complexity index is 914. The number of carbonyl (C=O) groups excluding carboxylic acids is 2. The van der Waals surface area contributed by atoms with Gasteiger partial charge in [-0.2, -0.15) is 0 Å². The van der Waals surface area contributed by atoms with Crippen LogP contribution in [0.3, 0.4) is 0 Å². The van der Waals surface area contributed by atoms with Crippen LogP contribution in [0.4, 0.5) is 0 Å². The normalized spacial score (nSPS) is 27.6. The van der Waals surface area contributed by atoms with Crippen LogP contribution in [0.1, 0.15) is 90.9 Å². The van der Waals surface area contributed by atoms with E-state index in [0.717, 1.165) is 51.4 Å². The van der Waals surface area contributed by atoms with Gasteiger partial charge in [-0.15, -0.1) is 0 Å². The van der Waals surface area contributed by atoms with Gasteiger partial charge in [0.25, 0.3) is 15.6 Å². The van der Waals surface area contributed by atoms with Gasteiger partial charge in [0.1, 0.15) is 43.2 Å². The largest absolute Gasteiger partial charge is 0.756 e. The summed E-state index contributed by atoms with van der Waals surface area (Å²) in [7, 11) is -11.1. The van der Waals surface area contributed by atoms with Gasteiger partial charge in [-0.25, -0.2) is 0 Å². The highest BCUT2D eigenvalue weighted by Gasteiger charge is 2.52. The Morgan fingerprint density at radius 1 is 0.698 bits per heavy atom. The van der Waals surface area contributed by atoms with Gasteiger partial charge in [-0.05, 0) is 12.8 Å². The lowest BCUT2D eigenvalue weighted by atomic mass is 9.85. The second-order valence-corrected chi connectivity index (χ2v) is 12.9. The molecule has 1 rings (SSSR count). The molecule has 1 aliphatic carbocycles. The predicted octanol–water partition coefficient (Wildman–Crippen LogP) is 0.336. The van der Waals surface area contributed by atoms with Gasteiger partial charge in [0.15, 0.2) is 6.10 Å². The lowest BCUT2D eigenvalue weighted by molar-refractivity contribution is -0.271. The minimum absolute atomic E-state index is 0.0214. The fraction of sp³-hybridized carbons (Fsp3) is 0.920. The summed E-state index contributed by atoms with van der Waals surface area (Å²) in [6.07, 6.45) is -6.45. The third-order valence-electron chi connectivity index (χ3n) is 6.67. The molecule has 43 heavy (non-hydrogen) atoms. The summed E-state index contributed by atoms with van der Waals surface area (Å²) >= 11 is 0. The third kappa shape index (κ3) is 16.2. The van der Waals surface area contributed by atoms with E-state index in [1.54, 1.807) is 0 Å². The number of aliphatic hydroxyl groups excluding tert-OH is 4. The average Bonchev–Trinajstić information content (AvgIpc) is 2.93. The zero-order valence-corrected chi connectivity index (χ0v) is 26.4. The van der Waals surface area contributed by atoms with E-state index >= 15 is 0 Å². The predicted molar refractivity (Wildman–Crippen MR) is 145 cm³/mol. The second kappa shape index (κ2) is 20.2. The third-order valence-corrected chi connectivity index (χ3v) is 8.14. The van der Waals surface area contributed by atoms with Crippen LogP contribution in [0.2, 0.25) is 0 Å². The van der Waals surface area contributed by atoms with Crippen molar-refractivity contribution in [3.63, 3.8) is 0 Å². The maximum Gasteiger partial charge on any atom is 0.306 e. The van der Waals surface area contributed by atoms with Gasteiger partial charge in [0.2, 0.25) is 0 Å². The lowest BCUT2D eigenvalue weighted by Crippen LogP contribution is -2.64. The quantitative estimate of drug-likeness (QED) is 0.0593. The number of carbonyl (C=O) groups is 2. The molecule has 0 amide bonds. The van der Waals surface area contributed by atoms with E-state index in [-0.39, 0.29) is 12.8 Å². The first-order valence-corrected chi connectivity index (χ1v) is 17.5. The molecule has 9 atom stereocenters. The molecule has 1 fully saturated rings. The number of phosphoric acid groups is 2. The molecule has 254 valence electrons. The van der Waals surface area contributed by atoms with Crippen LogP contribution in [-0.4, -0.2) is 93.2 Å². The van der Waals surface area contributed by atoms with Gasteiger partial charge in [0, 0.05) is 12.8 Å². The van der Waals surface area contributed by atoms with Crippen LogP contribution in [0.25, 0.3) is 0 Å². The van der Waals surface area contributed by atoms with Crippen LogP contribution in [0.15, 0.2) is 0 Å². The number of esters is 2. The Balaban J connectivity index is 2.84. The van der Waals surface area contributed by atoms with Crippen molar-refractivity contribution in [3.05, 3.63) is 0 Å². The number of hydrogen-bond acceptors (Lipinski definition) is 15. The molecule has 0 aromatic heterocycles. The van der Waals surface area contributed by atoms with Crippen molar-refractivity contribution in [2.24, 2.45) is 0 Å². The molecule has 0 bridgehead atoms. The smallest absolute Gasteiger partial charge is 0.306 e. The molecule has 0 aromatic rings. The summed E-state index contributed by atoms with van der Waals surface area (Å²) in [5.41, 5.74) is 0. The van der Waals surface area contributed by atoms with Gasteiger partial charge < -0.3 is 58.2 Å². The molecule has 5 N–H and O–H groups in total. The highest BCUT2D eigenvalue weighted by atomic mass is 31.2. The topological polar surface area (TPSA) is 262 Å². The maximum absolute atomic E-state index is 12.6. The zero-order chi connectivity index (χ0) is 32.6. The van der Waals surface area contributed by atoms with Crippen LogP contribution in [0.5, 0.6) is 0 Å². The van der Waals surface area contributed by atoms with Gasteiger partial charge in [-0.3, -0.25) is 18.7 Å². The van der Waals surface area contributed by atoms with Crippen molar-refractivity contribution in [3.8, 4) is 0 Å². The highest BCUT2D eigenvalue weighted by molar-refractivity contribution is 7.46. The van der Waals surface area contributed by atoms with E-state index in [4.69, 9.17) is 18.9 Å². The van der Waals surface area contributed by atoms with E-state index in [9.17, 15) is 48.9 Å². The monoisotopic (exact) mass is 664 g/mol. The zero-order valence-electron chi connectivity index (χ0n) is 24.6. The summed E-state index contributed by atoms with van der Waals surface area (Å²) in [6, 6.07) is 0. The minimum Gasteiger partial charge on any atom is -0.756 e. The summed E-state index contributed by atoms with van der Waals surface area (Å²) in [6.45, 7) is 2.65. The van der Waals surface area contributed by atoms with E-state index in [2.05, 4.69) is 16.0 Å². The summed E-state index contributed by atoms with van der Waals surface area (Å²) < 4.78 is 47.6. The molecule has 18 heteroatoms. The summed E-state index contributed by atoms with van der Waals surface area (Å²) in [4.78, 5) is 57.1. The Kier molecular flexibility index (Phi) is 18.8. The van der Waals surface area contributed by atoms with Crippen LogP contribution < -0.4 is 9.79 Å². The number of unbranched alkanes of at least 4 members (excludes halogenated alkanes) is 8. The lowest BCUT2D eigenvalue weighted by Gasteiger charge is -2.45. The number of rotatable bonds is 22. The van der Waals surface area contributed by atoms with Crippen molar-refractivity contribution < 1.29 is 76.9 Å². The first kappa shape index (κ1) is 40.0. The van der Waals surface area contributed by atoms with Crippen LogP contribution in [0, 0.1) is 0 Å². The number of phosphoric ester groups is 2. The van der Waals surface area contributed by atoms with Gasteiger partial charge in [-0.1, -0.05) is 65.2 Å². The summed E-state index contributed by atoms with van der Waals surface area (Å²) in [5.74, 6) is -1.28. The molecule has 1 aliphatic rings. The highest BCUT2D eigenvalue weighted by Crippen LogP contribution is 2.45. The van der Waals surface area contributed by atoms with E-state index in [1.165, 1.54) is 0 Å². The number of hydrogen-bond donors (Lipinski definition) is 5. The fourth-order valence-electron chi connectivity index (χ4n) is 4.30. The van der Waals surface area contributed by atoms with E-state index in [1.807, 2.05) is 6.92 Å². The Morgan fingerprint density at radius 3 is 1.70 bits per heavy atom. The SMILES string of the molecule is CCCCCCCC(=O)OC[C@H](COP(=O)([O-])O[C@@H]1[C@H](O)[C@H](OP(=O)([O-])O)[C@@H](O)[C@H](O)[C@H]1O)OC(=O)CCCCCCC. The molecule has 0 aliphatic heterocycles. The molecule has 1 saturated carbocycles. The molecule has 16 nitrogen and oxygen atoms in total. The minimum atomic E-state index is -5.60.